The molecule has 0 heterocycles. The van der Waals surface area contributed by atoms with E-state index in [1.54, 1.807) is 0 Å². The van der Waals surface area contributed by atoms with Crippen molar-refractivity contribution in [1.29, 1.82) is 0 Å². The van der Waals surface area contributed by atoms with Crippen molar-refractivity contribution in [1.82, 2.24) is 0 Å². The molecule has 0 aliphatic rings. The number of anilines is 3. The van der Waals surface area contributed by atoms with Crippen molar-refractivity contribution >= 4 is 17.1 Å². The lowest BCUT2D eigenvalue weighted by molar-refractivity contribution is 1.28. The predicted octanol–water partition coefficient (Wildman–Crippen LogP) is 13.5. The average molecular weight is 626 g/mol. The zero-order valence-corrected chi connectivity index (χ0v) is 27.2. The Hall–Kier alpha value is -6.44. The number of hydrogen-bond donors (Lipinski definition) is 0. The van der Waals surface area contributed by atoms with Crippen LogP contribution in [-0.2, 0) is 0 Å². The van der Waals surface area contributed by atoms with Crippen LogP contribution in [-0.4, -0.2) is 0 Å². The fourth-order valence-electron chi connectivity index (χ4n) is 6.84. The molecule has 0 aliphatic carbocycles. The molecular formula is C48H35N. The molecule has 0 aliphatic heterocycles. The maximum atomic E-state index is 2.38. The second-order valence-electron chi connectivity index (χ2n) is 12.1. The van der Waals surface area contributed by atoms with E-state index < -0.39 is 0 Å². The van der Waals surface area contributed by atoms with E-state index in [0.29, 0.717) is 0 Å². The molecule has 0 atom stereocenters. The van der Waals surface area contributed by atoms with Gasteiger partial charge in [-0.1, -0.05) is 182 Å². The highest BCUT2D eigenvalue weighted by atomic mass is 15.1. The van der Waals surface area contributed by atoms with Gasteiger partial charge in [-0.25, -0.2) is 0 Å². The first kappa shape index (κ1) is 29.9. The van der Waals surface area contributed by atoms with Gasteiger partial charge in [0.25, 0.3) is 0 Å². The lowest BCUT2D eigenvalue weighted by Crippen LogP contribution is -2.11. The topological polar surface area (TPSA) is 3.24 Å². The van der Waals surface area contributed by atoms with Crippen LogP contribution in [0.5, 0.6) is 0 Å². The minimum absolute atomic E-state index is 1.10. The Kier molecular flexibility index (Phi) is 8.39. The van der Waals surface area contributed by atoms with Gasteiger partial charge in [0.1, 0.15) is 0 Å². The van der Waals surface area contributed by atoms with Crippen molar-refractivity contribution in [3.63, 3.8) is 0 Å². The molecule has 0 saturated carbocycles. The van der Waals surface area contributed by atoms with E-state index in [2.05, 4.69) is 217 Å². The van der Waals surface area contributed by atoms with E-state index in [-0.39, 0.29) is 0 Å². The number of nitrogens with zero attached hydrogens (tertiary/aromatic N) is 1. The first-order valence-electron chi connectivity index (χ1n) is 16.8. The van der Waals surface area contributed by atoms with Crippen molar-refractivity contribution in [2.45, 2.75) is 0 Å². The molecule has 49 heavy (non-hydrogen) atoms. The first-order valence-corrected chi connectivity index (χ1v) is 16.8. The summed E-state index contributed by atoms with van der Waals surface area (Å²) < 4.78 is 0. The maximum Gasteiger partial charge on any atom is 0.0546 e. The lowest BCUT2D eigenvalue weighted by Gasteiger charge is -2.29. The van der Waals surface area contributed by atoms with E-state index in [4.69, 9.17) is 0 Å². The molecule has 0 N–H and O–H groups in total. The summed E-state index contributed by atoms with van der Waals surface area (Å²) >= 11 is 0. The molecule has 0 bridgehead atoms. The highest BCUT2D eigenvalue weighted by Crippen LogP contribution is 2.46. The van der Waals surface area contributed by atoms with Gasteiger partial charge in [-0.2, -0.15) is 0 Å². The van der Waals surface area contributed by atoms with Crippen LogP contribution in [0.1, 0.15) is 0 Å². The van der Waals surface area contributed by atoms with Crippen molar-refractivity contribution < 1.29 is 0 Å². The van der Waals surface area contributed by atoms with Gasteiger partial charge in [0.15, 0.2) is 0 Å². The van der Waals surface area contributed by atoms with Gasteiger partial charge in [-0.15, -0.1) is 0 Å². The lowest BCUT2D eigenvalue weighted by atomic mass is 9.89. The number of hydrogen-bond acceptors (Lipinski definition) is 1. The third-order valence-corrected chi connectivity index (χ3v) is 9.11. The number of para-hydroxylation sites is 1. The highest BCUT2D eigenvalue weighted by molar-refractivity contribution is 5.97. The Morgan fingerprint density at radius 2 is 0.592 bits per heavy atom. The monoisotopic (exact) mass is 625 g/mol. The fraction of sp³-hybridized carbons (Fsp3) is 0. The standard InChI is InChI=1S/C48H35N/c1-5-18-36(19-6-1)42-26-13-15-28-45(42)46-29-16-14-27-43(46)38-32-34-41(35-33-38)49(40-24-11-4-12-25-40)47-31-17-30-44(37-20-7-2-8-21-37)48(47)39-22-9-3-10-23-39/h1-35H. The van der Waals surface area contributed by atoms with E-state index in [0.717, 1.165) is 17.1 Å². The fourth-order valence-corrected chi connectivity index (χ4v) is 6.84. The highest BCUT2D eigenvalue weighted by Gasteiger charge is 2.21. The van der Waals surface area contributed by atoms with E-state index in [1.807, 2.05) is 0 Å². The molecule has 0 unspecified atom stereocenters. The Morgan fingerprint density at radius 3 is 1.12 bits per heavy atom. The zero-order chi connectivity index (χ0) is 32.8. The zero-order valence-electron chi connectivity index (χ0n) is 27.2. The summed E-state index contributed by atoms with van der Waals surface area (Å²) in [7, 11) is 0. The molecule has 1 nitrogen and oxygen atoms in total. The second-order valence-corrected chi connectivity index (χ2v) is 12.1. The molecule has 0 saturated heterocycles. The molecule has 8 aromatic carbocycles. The van der Waals surface area contributed by atoms with Gasteiger partial charge < -0.3 is 4.90 Å². The normalized spacial score (nSPS) is 10.9. The third kappa shape index (κ3) is 6.06. The largest absolute Gasteiger partial charge is 0.310 e. The molecule has 0 radical (unpaired) electrons. The molecule has 8 rings (SSSR count). The third-order valence-electron chi connectivity index (χ3n) is 9.11. The van der Waals surface area contributed by atoms with Gasteiger partial charge in [0.05, 0.1) is 5.69 Å². The van der Waals surface area contributed by atoms with E-state index in [9.17, 15) is 0 Å². The van der Waals surface area contributed by atoms with Crippen LogP contribution in [0.2, 0.25) is 0 Å². The van der Waals surface area contributed by atoms with Crippen LogP contribution in [0.4, 0.5) is 17.1 Å². The van der Waals surface area contributed by atoms with Crippen LogP contribution in [0.3, 0.4) is 0 Å². The van der Waals surface area contributed by atoms with Gasteiger partial charge in [0.2, 0.25) is 0 Å². The van der Waals surface area contributed by atoms with Gasteiger partial charge >= 0.3 is 0 Å². The van der Waals surface area contributed by atoms with Crippen LogP contribution in [0.25, 0.3) is 55.6 Å². The number of benzene rings is 8. The molecular weight excluding hydrogens is 591 g/mol. The van der Waals surface area contributed by atoms with Crippen LogP contribution in [0.15, 0.2) is 212 Å². The molecule has 232 valence electrons. The van der Waals surface area contributed by atoms with E-state index in [1.165, 1.54) is 55.6 Å². The van der Waals surface area contributed by atoms with Gasteiger partial charge in [-0.05, 0) is 80.4 Å². The van der Waals surface area contributed by atoms with Crippen LogP contribution < -0.4 is 4.90 Å². The summed E-state index contributed by atoms with van der Waals surface area (Å²) in [6.45, 7) is 0. The van der Waals surface area contributed by atoms with Crippen molar-refractivity contribution in [3.8, 4) is 55.6 Å². The van der Waals surface area contributed by atoms with E-state index >= 15 is 0 Å². The average Bonchev–Trinajstić information content (AvgIpc) is 3.20. The Morgan fingerprint density at radius 1 is 0.224 bits per heavy atom. The Bertz CT molecular complexity index is 2290. The summed E-state index contributed by atoms with van der Waals surface area (Å²) in [5, 5.41) is 0. The van der Waals surface area contributed by atoms with Crippen molar-refractivity contribution in [3.05, 3.63) is 212 Å². The molecule has 0 fully saturated rings. The Labute approximate surface area is 289 Å². The van der Waals surface area contributed by atoms with Crippen molar-refractivity contribution in [2.24, 2.45) is 0 Å². The number of rotatable bonds is 8. The first-order chi connectivity index (χ1) is 24.3. The summed E-state index contributed by atoms with van der Waals surface area (Å²) in [5.41, 5.74) is 15.4. The van der Waals surface area contributed by atoms with Crippen molar-refractivity contribution in [2.75, 3.05) is 4.90 Å². The minimum atomic E-state index is 1.10. The molecule has 8 aromatic rings. The van der Waals surface area contributed by atoms with Gasteiger partial charge in [0, 0.05) is 16.9 Å². The van der Waals surface area contributed by atoms with Gasteiger partial charge in [-0.3, -0.25) is 0 Å². The predicted molar refractivity (Wildman–Crippen MR) is 208 cm³/mol. The molecule has 0 amide bonds. The smallest absolute Gasteiger partial charge is 0.0546 e. The summed E-state index contributed by atoms with van der Waals surface area (Å²) in [4.78, 5) is 2.38. The minimum Gasteiger partial charge on any atom is -0.310 e. The second kappa shape index (κ2) is 13.7. The molecule has 1 heteroatoms. The summed E-state index contributed by atoms with van der Waals surface area (Å²) in [6, 6.07) is 75.9. The quantitative estimate of drug-likeness (QED) is 0.162. The molecule has 0 aromatic heterocycles. The SMILES string of the molecule is c1ccc(-c2ccccc2-c2ccccc2-c2ccc(N(c3ccccc3)c3cccc(-c4ccccc4)c3-c3ccccc3)cc2)cc1. The Balaban J connectivity index is 1.27. The maximum absolute atomic E-state index is 2.38. The molecule has 0 spiro atoms. The van der Waals surface area contributed by atoms with Crippen LogP contribution in [0, 0.1) is 0 Å². The summed E-state index contributed by atoms with van der Waals surface area (Å²) in [5.74, 6) is 0. The van der Waals surface area contributed by atoms with Crippen LogP contribution >= 0.6 is 0 Å². The summed E-state index contributed by atoms with van der Waals surface area (Å²) in [6.07, 6.45) is 0.